The molecule has 0 unspecified atom stereocenters. The average molecular weight is 302 g/mol. The minimum absolute atomic E-state index is 0.306. The van der Waals surface area contributed by atoms with E-state index >= 15 is 0 Å². The number of nitrogens with two attached hydrogens (primary N) is 1. The second kappa shape index (κ2) is 6.75. The van der Waals surface area contributed by atoms with Gasteiger partial charge in [-0.15, -0.1) is 9.97 Å². The van der Waals surface area contributed by atoms with Gasteiger partial charge in [0.15, 0.2) is 0 Å². The fourth-order valence-corrected chi connectivity index (χ4v) is 1.97. The molecule has 0 atom stereocenters. The first-order valence-electron chi connectivity index (χ1n) is 6.72. The van der Waals surface area contributed by atoms with Crippen LogP contribution in [0.5, 0.6) is 11.5 Å². The zero-order valence-corrected chi connectivity index (χ0v) is 13.1. The molecule has 1 heterocycles. The Kier molecular flexibility index (Phi) is 4.77. The lowest BCUT2D eigenvalue weighted by molar-refractivity contribution is -0.365. The van der Waals surface area contributed by atoms with Crippen LogP contribution in [0.25, 0.3) is 0 Å². The first kappa shape index (κ1) is 15.6. The van der Waals surface area contributed by atoms with E-state index in [1.807, 2.05) is 19.9 Å². The molecule has 1 aromatic carbocycles. The second-order valence-corrected chi connectivity index (χ2v) is 4.74. The predicted molar refractivity (Wildman–Crippen MR) is 84.5 cm³/mol. The molecule has 0 saturated heterocycles. The largest absolute Gasteiger partial charge is 0.497 e. The third-order valence-electron chi connectivity index (χ3n) is 2.86. The Hall–Kier alpha value is -2.83. The van der Waals surface area contributed by atoms with Gasteiger partial charge in [-0.1, -0.05) is 0 Å². The molecule has 116 valence electrons. The summed E-state index contributed by atoms with van der Waals surface area (Å²) in [6, 6.07) is 7.28. The lowest BCUT2D eigenvalue weighted by Crippen LogP contribution is -2.72. The van der Waals surface area contributed by atoms with Crippen LogP contribution in [-0.2, 0) is 0 Å². The van der Waals surface area contributed by atoms with E-state index in [9.17, 15) is 0 Å². The third kappa shape index (κ3) is 4.08. The molecule has 0 spiro atoms. The van der Waals surface area contributed by atoms with Crippen molar-refractivity contribution in [1.82, 2.24) is 9.97 Å². The molecule has 7 nitrogen and oxygen atoms in total. The lowest BCUT2D eigenvalue weighted by Gasteiger charge is -2.08. The number of anilines is 1. The molecule has 0 aliphatic heterocycles. The van der Waals surface area contributed by atoms with Crippen LogP contribution in [0.1, 0.15) is 11.4 Å². The number of aryl methyl sites for hydroxylation is 2. The number of nitrogens with zero attached hydrogens (tertiary/aromatic N) is 2. The summed E-state index contributed by atoms with van der Waals surface area (Å²) in [7, 11) is 3.18. The van der Waals surface area contributed by atoms with E-state index in [4.69, 9.17) is 15.2 Å². The SMILES string of the molecule is COc1cc(NC(N)=[NH+]c2nc(C)cc(C)n2)cc(OC)c1. The first-order chi connectivity index (χ1) is 10.5. The van der Waals surface area contributed by atoms with Crippen molar-refractivity contribution in [2.24, 2.45) is 5.73 Å². The predicted octanol–water partition coefficient (Wildman–Crippen LogP) is 0.250. The molecule has 0 amide bonds. The third-order valence-corrected chi connectivity index (χ3v) is 2.86. The van der Waals surface area contributed by atoms with E-state index < -0.39 is 0 Å². The summed E-state index contributed by atoms with van der Waals surface area (Å²) >= 11 is 0. The molecule has 2 aromatic rings. The summed E-state index contributed by atoms with van der Waals surface area (Å²) in [5.74, 6) is 2.08. The Labute approximate surface area is 129 Å². The van der Waals surface area contributed by atoms with Crippen molar-refractivity contribution >= 4 is 17.6 Å². The molecule has 2 rings (SSSR count). The van der Waals surface area contributed by atoms with Crippen molar-refractivity contribution in [3.05, 3.63) is 35.7 Å². The van der Waals surface area contributed by atoms with Gasteiger partial charge in [0, 0.05) is 24.3 Å². The second-order valence-electron chi connectivity index (χ2n) is 4.74. The molecule has 22 heavy (non-hydrogen) atoms. The van der Waals surface area contributed by atoms with Crippen molar-refractivity contribution in [1.29, 1.82) is 0 Å². The Balaban J connectivity index is 2.23. The Bertz CT molecular complexity index is 658. The van der Waals surface area contributed by atoms with Crippen LogP contribution < -0.4 is 25.5 Å². The van der Waals surface area contributed by atoms with Crippen LogP contribution in [0.15, 0.2) is 24.3 Å². The number of aromatic nitrogens is 2. The van der Waals surface area contributed by atoms with E-state index in [-0.39, 0.29) is 0 Å². The number of nitrogens with one attached hydrogen (secondary N) is 2. The molecular weight excluding hydrogens is 282 g/mol. The van der Waals surface area contributed by atoms with Crippen LogP contribution in [-0.4, -0.2) is 30.1 Å². The summed E-state index contributed by atoms with van der Waals surface area (Å²) in [6.45, 7) is 3.80. The van der Waals surface area contributed by atoms with Crippen LogP contribution in [0, 0.1) is 13.8 Å². The molecule has 0 saturated carbocycles. The van der Waals surface area contributed by atoms with Gasteiger partial charge >= 0.3 is 5.95 Å². The van der Waals surface area contributed by atoms with E-state index in [0.717, 1.165) is 17.1 Å². The number of guanidine groups is 1. The summed E-state index contributed by atoms with van der Waals surface area (Å²) in [5.41, 5.74) is 8.41. The number of ether oxygens (including phenoxy) is 2. The van der Waals surface area contributed by atoms with E-state index in [1.54, 1.807) is 32.4 Å². The molecule has 0 radical (unpaired) electrons. The fourth-order valence-electron chi connectivity index (χ4n) is 1.97. The van der Waals surface area contributed by atoms with Gasteiger partial charge in [0.05, 0.1) is 31.3 Å². The van der Waals surface area contributed by atoms with Crippen molar-refractivity contribution < 1.29 is 14.5 Å². The van der Waals surface area contributed by atoms with Crippen LogP contribution >= 0.6 is 0 Å². The smallest absolute Gasteiger partial charge is 0.354 e. The monoisotopic (exact) mass is 302 g/mol. The zero-order valence-electron chi connectivity index (χ0n) is 13.1. The van der Waals surface area contributed by atoms with Gasteiger partial charge in [-0.25, -0.2) is 4.99 Å². The molecule has 0 fully saturated rings. The van der Waals surface area contributed by atoms with Crippen molar-refractivity contribution in [3.8, 4) is 11.5 Å². The minimum atomic E-state index is 0.306. The van der Waals surface area contributed by atoms with Gasteiger partial charge < -0.3 is 15.2 Å². The van der Waals surface area contributed by atoms with E-state index in [1.165, 1.54) is 0 Å². The maximum absolute atomic E-state index is 5.95. The number of hydrogen-bond donors (Lipinski definition) is 3. The molecule has 7 heteroatoms. The van der Waals surface area contributed by atoms with Crippen LogP contribution in [0.4, 0.5) is 11.6 Å². The number of rotatable bonds is 4. The quantitative estimate of drug-likeness (QED) is 0.553. The number of methoxy groups -OCH3 is 2. The highest BCUT2D eigenvalue weighted by Crippen LogP contribution is 2.25. The molecule has 0 aliphatic carbocycles. The van der Waals surface area contributed by atoms with Crippen molar-refractivity contribution in [2.45, 2.75) is 13.8 Å². The Morgan fingerprint density at radius 3 is 2.05 bits per heavy atom. The van der Waals surface area contributed by atoms with Crippen molar-refractivity contribution in [2.75, 3.05) is 19.5 Å². The highest BCUT2D eigenvalue weighted by atomic mass is 16.5. The summed E-state index contributed by atoms with van der Waals surface area (Å²) < 4.78 is 10.4. The summed E-state index contributed by atoms with van der Waals surface area (Å²) in [6.07, 6.45) is 0. The van der Waals surface area contributed by atoms with E-state index in [2.05, 4.69) is 20.3 Å². The molecule has 0 bridgehead atoms. The normalized spacial score (nSPS) is 11.2. The van der Waals surface area contributed by atoms with Crippen molar-refractivity contribution in [3.63, 3.8) is 0 Å². The minimum Gasteiger partial charge on any atom is -0.497 e. The zero-order chi connectivity index (χ0) is 16.1. The average Bonchev–Trinajstić information content (AvgIpc) is 2.45. The standard InChI is InChI=1S/C15H19N5O2/c1-9-5-10(2)18-15(17-9)20-14(16)19-11-6-12(21-3)8-13(7-11)22-4/h5-8H,1-4H3,(H3,16,17,18,19,20)/p+1. The first-order valence-corrected chi connectivity index (χ1v) is 6.72. The Morgan fingerprint density at radius 2 is 1.55 bits per heavy atom. The summed E-state index contributed by atoms with van der Waals surface area (Å²) in [5, 5.41) is 3.02. The Morgan fingerprint density at radius 1 is 1.00 bits per heavy atom. The maximum Gasteiger partial charge on any atom is 0.354 e. The van der Waals surface area contributed by atoms with Gasteiger partial charge in [-0.3, -0.25) is 5.32 Å². The highest BCUT2D eigenvalue weighted by Gasteiger charge is 2.08. The number of benzene rings is 1. The van der Waals surface area contributed by atoms with Crippen LogP contribution in [0.2, 0.25) is 0 Å². The molecular formula is C15H20N5O2+. The number of hydrogen-bond acceptors (Lipinski definition) is 4. The maximum atomic E-state index is 5.95. The highest BCUT2D eigenvalue weighted by molar-refractivity contribution is 5.88. The van der Waals surface area contributed by atoms with Gasteiger partial charge in [-0.05, 0) is 13.8 Å². The van der Waals surface area contributed by atoms with Gasteiger partial charge in [0.2, 0.25) is 0 Å². The van der Waals surface area contributed by atoms with Gasteiger partial charge in [-0.2, -0.15) is 0 Å². The summed E-state index contributed by atoms with van der Waals surface area (Å²) in [4.78, 5) is 11.5. The molecule has 4 N–H and O–H groups in total. The molecule has 1 aromatic heterocycles. The fraction of sp³-hybridized carbons (Fsp3) is 0.267. The molecule has 0 aliphatic rings. The van der Waals surface area contributed by atoms with Gasteiger partial charge in [0.1, 0.15) is 11.5 Å². The van der Waals surface area contributed by atoms with Gasteiger partial charge in [0.25, 0.3) is 5.96 Å². The lowest BCUT2D eigenvalue weighted by atomic mass is 10.3. The van der Waals surface area contributed by atoms with E-state index in [0.29, 0.717) is 23.4 Å². The topological polar surface area (TPSA) is 96.3 Å². The van der Waals surface area contributed by atoms with Crippen LogP contribution in [0.3, 0.4) is 0 Å².